The van der Waals surface area contributed by atoms with E-state index >= 15 is 0 Å². The highest BCUT2D eigenvalue weighted by Crippen LogP contribution is 2.46. The van der Waals surface area contributed by atoms with Crippen molar-refractivity contribution in [1.29, 1.82) is 0 Å². The molecule has 1 aromatic rings. The van der Waals surface area contributed by atoms with Gasteiger partial charge in [0.25, 0.3) is 0 Å². The van der Waals surface area contributed by atoms with E-state index in [-0.39, 0.29) is 0 Å². The maximum Gasteiger partial charge on any atom is -0.0100 e. The lowest BCUT2D eigenvalue weighted by molar-refractivity contribution is 0.332. The Balaban J connectivity index is 2.57. The van der Waals surface area contributed by atoms with Crippen LogP contribution in [0, 0.1) is 0 Å². The van der Waals surface area contributed by atoms with E-state index in [1.165, 1.54) is 24.0 Å². The van der Waals surface area contributed by atoms with Gasteiger partial charge in [-0.05, 0) is 59.0 Å². The summed E-state index contributed by atoms with van der Waals surface area (Å²) in [5, 5.41) is 0. The van der Waals surface area contributed by atoms with Crippen LogP contribution in [0.25, 0.3) is 5.57 Å². The molecule has 0 aliphatic heterocycles. The third-order valence-electron chi connectivity index (χ3n) is 4.73. The highest BCUT2D eigenvalue weighted by Gasteiger charge is 2.36. The van der Waals surface area contributed by atoms with E-state index in [2.05, 4.69) is 68.1 Å². The second-order valence-corrected chi connectivity index (χ2v) is 7.62. The summed E-state index contributed by atoms with van der Waals surface area (Å²) in [6, 6.07) is 7.10. The van der Waals surface area contributed by atoms with Crippen molar-refractivity contribution in [2.75, 3.05) is 6.16 Å². The molecule has 1 heteroatoms. The minimum Gasteiger partial charge on any atom is -0.134 e. The van der Waals surface area contributed by atoms with Crippen LogP contribution in [0.1, 0.15) is 64.2 Å². The first kappa shape index (κ1) is 14.8. The predicted octanol–water partition coefficient (Wildman–Crippen LogP) is 5.31. The quantitative estimate of drug-likeness (QED) is 0.641. The topological polar surface area (TPSA) is 0 Å². The van der Waals surface area contributed by atoms with Crippen LogP contribution in [0.5, 0.6) is 0 Å². The summed E-state index contributed by atoms with van der Waals surface area (Å²) in [5.41, 5.74) is 6.50. The fraction of sp³-hybridized carbons (Fsp3) is 0.556. The summed E-state index contributed by atoms with van der Waals surface area (Å²) in [6.45, 7) is 11.8. The summed E-state index contributed by atoms with van der Waals surface area (Å²) in [6.07, 6.45) is 5.88. The lowest BCUT2D eigenvalue weighted by Gasteiger charge is -2.42. The number of benzene rings is 1. The van der Waals surface area contributed by atoms with Crippen molar-refractivity contribution in [3.63, 3.8) is 0 Å². The number of allylic oxidation sites excluding steroid dienone is 2. The molecule has 0 saturated carbocycles. The summed E-state index contributed by atoms with van der Waals surface area (Å²) in [4.78, 5) is 0. The van der Waals surface area contributed by atoms with Crippen LogP contribution in [0.3, 0.4) is 0 Å². The fourth-order valence-electron chi connectivity index (χ4n) is 3.13. The molecule has 0 spiro atoms. The molecular formula is C18H27P. The van der Waals surface area contributed by atoms with Crippen LogP contribution < -0.4 is 0 Å². The first-order valence-electron chi connectivity index (χ1n) is 7.30. The second kappa shape index (κ2) is 5.06. The van der Waals surface area contributed by atoms with Gasteiger partial charge in [0.1, 0.15) is 0 Å². The van der Waals surface area contributed by atoms with Gasteiger partial charge in [0.05, 0.1) is 0 Å². The van der Waals surface area contributed by atoms with E-state index in [1.54, 1.807) is 11.1 Å². The van der Waals surface area contributed by atoms with Crippen LogP contribution >= 0.6 is 9.24 Å². The molecule has 1 unspecified atom stereocenters. The van der Waals surface area contributed by atoms with E-state index in [4.69, 9.17) is 0 Å². The number of rotatable bonds is 2. The molecule has 0 N–H and O–H groups in total. The second-order valence-electron chi connectivity index (χ2n) is 7.15. The van der Waals surface area contributed by atoms with E-state index < -0.39 is 0 Å². The van der Waals surface area contributed by atoms with Gasteiger partial charge in [-0.1, -0.05) is 52.0 Å². The summed E-state index contributed by atoms with van der Waals surface area (Å²) >= 11 is 0. The molecule has 0 radical (unpaired) electrons. The molecule has 19 heavy (non-hydrogen) atoms. The zero-order valence-electron chi connectivity index (χ0n) is 13.0. The van der Waals surface area contributed by atoms with E-state index in [0.717, 1.165) is 6.16 Å². The largest absolute Gasteiger partial charge is 0.134 e. The molecule has 1 aliphatic carbocycles. The SMILES string of the molecule is CC(=CCP)c1ccc2c(c1)C(C)(C)CCC2(C)C. The van der Waals surface area contributed by atoms with Crippen molar-refractivity contribution in [2.45, 2.75) is 58.3 Å². The summed E-state index contributed by atoms with van der Waals surface area (Å²) < 4.78 is 0. The van der Waals surface area contributed by atoms with Crippen molar-refractivity contribution in [2.24, 2.45) is 0 Å². The third-order valence-corrected chi connectivity index (χ3v) is 4.97. The Labute approximate surface area is 120 Å². The number of fused-ring (bicyclic) bond motifs is 1. The molecular weight excluding hydrogens is 247 g/mol. The van der Waals surface area contributed by atoms with Gasteiger partial charge in [-0.25, -0.2) is 0 Å². The van der Waals surface area contributed by atoms with Crippen molar-refractivity contribution < 1.29 is 0 Å². The van der Waals surface area contributed by atoms with Gasteiger partial charge in [0.2, 0.25) is 0 Å². The summed E-state index contributed by atoms with van der Waals surface area (Å²) in [5.74, 6) is 0. The standard InChI is InChI=1S/C18H27P/c1-13(8-11-19)14-6-7-15-16(12-14)18(4,5)10-9-17(15,2)3/h6-8,12H,9-11,19H2,1-5H3. The van der Waals surface area contributed by atoms with Gasteiger partial charge in [-0.2, -0.15) is 0 Å². The Kier molecular flexibility index (Phi) is 3.94. The van der Waals surface area contributed by atoms with Crippen molar-refractivity contribution in [3.8, 4) is 0 Å². The lowest BCUT2D eigenvalue weighted by Crippen LogP contribution is -2.33. The maximum absolute atomic E-state index is 2.77. The highest BCUT2D eigenvalue weighted by atomic mass is 31.0. The van der Waals surface area contributed by atoms with Crippen LogP contribution in [0.2, 0.25) is 0 Å². The monoisotopic (exact) mass is 274 g/mol. The molecule has 0 aromatic heterocycles. The Hall–Kier alpha value is -0.610. The Morgan fingerprint density at radius 2 is 1.68 bits per heavy atom. The number of hydrogen-bond acceptors (Lipinski definition) is 0. The average molecular weight is 274 g/mol. The molecule has 104 valence electrons. The minimum atomic E-state index is 0.308. The van der Waals surface area contributed by atoms with Crippen molar-refractivity contribution >= 4 is 14.8 Å². The normalized spacial score (nSPS) is 21.1. The summed E-state index contributed by atoms with van der Waals surface area (Å²) in [7, 11) is 2.77. The van der Waals surface area contributed by atoms with Crippen LogP contribution in [-0.4, -0.2) is 6.16 Å². The number of hydrogen-bond donors (Lipinski definition) is 0. The zero-order chi connectivity index (χ0) is 14.3. The fourth-order valence-corrected chi connectivity index (χ4v) is 3.48. The maximum atomic E-state index is 2.77. The van der Waals surface area contributed by atoms with Gasteiger partial charge in [-0.3, -0.25) is 0 Å². The molecule has 0 heterocycles. The highest BCUT2D eigenvalue weighted by molar-refractivity contribution is 7.16. The minimum absolute atomic E-state index is 0.308. The van der Waals surface area contributed by atoms with Crippen LogP contribution in [0.4, 0.5) is 0 Å². The van der Waals surface area contributed by atoms with Crippen LogP contribution in [0.15, 0.2) is 24.3 Å². The van der Waals surface area contributed by atoms with Crippen LogP contribution in [-0.2, 0) is 10.8 Å². The smallest absolute Gasteiger partial charge is 0.0100 e. The predicted molar refractivity (Wildman–Crippen MR) is 90.0 cm³/mol. The zero-order valence-corrected chi connectivity index (χ0v) is 14.2. The van der Waals surface area contributed by atoms with E-state index in [9.17, 15) is 0 Å². The molecule has 0 bridgehead atoms. The van der Waals surface area contributed by atoms with Crippen molar-refractivity contribution in [3.05, 3.63) is 41.0 Å². The molecule has 1 atom stereocenters. The first-order chi connectivity index (χ1) is 8.78. The average Bonchev–Trinajstić information content (AvgIpc) is 2.35. The van der Waals surface area contributed by atoms with Gasteiger partial charge >= 0.3 is 0 Å². The van der Waals surface area contributed by atoms with E-state index in [1.807, 2.05) is 0 Å². The van der Waals surface area contributed by atoms with E-state index in [0.29, 0.717) is 10.8 Å². The van der Waals surface area contributed by atoms with Crippen molar-refractivity contribution in [1.82, 2.24) is 0 Å². The molecule has 2 rings (SSSR count). The van der Waals surface area contributed by atoms with Gasteiger partial charge < -0.3 is 0 Å². The Bertz CT molecular complexity index is 506. The molecule has 0 saturated heterocycles. The lowest BCUT2D eigenvalue weighted by atomic mass is 9.63. The molecule has 0 nitrogen and oxygen atoms in total. The molecule has 0 fully saturated rings. The Morgan fingerprint density at radius 1 is 1.11 bits per heavy atom. The molecule has 0 amide bonds. The molecule has 1 aromatic carbocycles. The Morgan fingerprint density at radius 3 is 2.26 bits per heavy atom. The van der Waals surface area contributed by atoms with Gasteiger partial charge in [0.15, 0.2) is 0 Å². The third kappa shape index (κ3) is 2.79. The first-order valence-corrected chi connectivity index (χ1v) is 8.12. The molecule has 1 aliphatic rings. The van der Waals surface area contributed by atoms with Gasteiger partial charge in [0, 0.05) is 0 Å². The van der Waals surface area contributed by atoms with Gasteiger partial charge in [-0.15, -0.1) is 9.24 Å².